The monoisotopic (exact) mass is 273 g/mol. The number of rotatable bonds is 4. The van der Waals surface area contributed by atoms with Crippen molar-refractivity contribution in [3.05, 3.63) is 64.4 Å². The summed E-state index contributed by atoms with van der Waals surface area (Å²) in [5, 5.41) is 0.337. The molecule has 0 fully saturated rings. The fraction of sp³-hybridized carbons (Fsp3) is 0.250. The van der Waals surface area contributed by atoms with Crippen molar-refractivity contribution in [3.8, 4) is 0 Å². The van der Waals surface area contributed by atoms with Gasteiger partial charge in [-0.05, 0) is 36.1 Å². The van der Waals surface area contributed by atoms with Crippen LogP contribution in [0.4, 0.5) is 0 Å². The Morgan fingerprint density at radius 1 is 1.21 bits per heavy atom. The van der Waals surface area contributed by atoms with Crippen LogP contribution in [0.5, 0.6) is 0 Å². The lowest BCUT2D eigenvalue weighted by Gasteiger charge is -2.07. The van der Waals surface area contributed by atoms with Crippen LogP contribution in [-0.2, 0) is 6.42 Å². The molecule has 0 saturated carbocycles. The van der Waals surface area contributed by atoms with Crippen molar-refractivity contribution >= 4 is 17.4 Å². The molecule has 0 unspecified atom stereocenters. The predicted molar refractivity (Wildman–Crippen MR) is 77.7 cm³/mol. The molecule has 2 nitrogen and oxygen atoms in total. The molecule has 0 saturated heterocycles. The van der Waals surface area contributed by atoms with Gasteiger partial charge >= 0.3 is 0 Å². The highest BCUT2D eigenvalue weighted by Crippen LogP contribution is 2.16. The highest BCUT2D eigenvalue weighted by atomic mass is 35.5. The molecule has 0 bridgehead atoms. The Labute approximate surface area is 118 Å². The third kappa shape index (κ3) is 3.65. The van der Waals surface area contributed by atoms with Gasteiger partial charge in [0.15, 0.2) is 5.78 Å². The molecule has 0 aliphatic carbocycles. The number of aromatic nitrogens is 1. The van der Waals surface area contributed by atoms with E-state index in [4.69, 9.17) is 11.6 Å². The number of halogens is 1. The number of ketones is 1. The largest absolute Gasteiger partial charge is 0.289 e. The summed E-state index contributed by atoms with van der Waals surface area (Å²) in [5.74, 6) is 0.552. The van der Waals surface area contributed by atoms with E-state index in [-0.39, 0.29) is 5.78 Å². The van der Waals surface area contributed by atoms with E-state index >= 15 is 0 Å². The molecule has 2 aromatic rings. The predicted octanol–water partition coefficient (Wildman–Crippen LogP) is 4.16. The minimum atomic E-state index is -0.0186. The van der Waals surface area contributed by atoms with Gasteiger partial charge in [-0.25, -0.2) is 4.98 Å². The second-order valence-electron chi connectivity index (χ2n) is 4.99. The smallest absolute Gasteiger partial charge is 0.193 e. The van der Waals surface area contributed by atoms with Gasteiger partial charge in [0, 0.05) is 17.3 Å². The summed E-state index contributed by atoms with van der Waals surface area (Å²) in [4.78, 5) is 16.2. The second-order valence-corrected chi connectivity index (χ2v) is 5.38. The lowest BCUT2D eigenvalue weighted by Crippen LogP contribution is -2.03. The number of nitrogens with zero attached hydrogens (tertiary/aromatic N) is 1. The highest BCUT2D eigenvalue weighted by molar-refractivity contribution is 6.29. The van der Waals surface area contributed by atoms with Gasteiger partial charge in [-0.15, -0.1) is 0 Å². The van der Waals surface area contributed by atoms with E-state index in [1.54, 1.807) is 18.3 Å². The Hall–Kier alpha value is -1.67. The first-order valence-corrected chi connectivity index (χ1v) is 6.69. The number of hydrogen-bond donors (Lipinski definition) is 0. The van der Waals surface area contributed by atoms with E-state index in [2.05, 4.69) is 24.9 Å². The maximum Gasteiger partial charge on any atom is 0.193 e. The van der Waals surface area contributed by atoms with E-state index < -0.39 is 0 Å². The minimum Gasteiger partial charge on any atom is -0.289 e. The average molecular weight is 274 g/mol. The van der Waals surface area contributed by atoms with Crippen molar-refractivity contribution in [3.63, 3.8) is 0 Å². The number of pyridine rings is 1. The summed E-state index contributed by atoms with van der Waals surface area (Å²) in [6.45, 7) is 4.33. The number of carbonyl (C=O) groups is 1. The maximum absolute atomic E-state index is 12.4. The van der Waals surface area contributed by atoms with Crippen LogP contribution in [0.2, 0.25) is 5.15 Å². The van der Waals surface area contributed by atoms with Gasteiger partial charge < -0.3 is 0 Å². The Morgan fingerprint density at radius 3 is 2.63 bits per heavy atom. The third-order valence-electron chi connectivity index (χ3n) is 2.82. The molecular weight excluding hydrogens is 258 g/mol. The van der Waals surface area contributed by atoms with E-state index in [0.717, 1.165) is 6.42 Å². The summed E-state index contributed by atoms with van der Waals surface area (Å²) in [7, 11) is 0. The van der Waals surface area contributed by atoms with Gasteiger partial charge in [-0.3, -0.25) is 4.79 Å². The SMILES string of the molecule is CC(C)Cc1cccc(C(=O)c2ccnc(Cl)c2)c1. The summed E-state index contributed by atoms with van der Waals surface area (Å²) in [5.41, 5.74) is 2.45. The van der Waals surface area contributed by atoms with Gasteiger partial charge in [0.05, 0.1) is 0 Å². The molecule has 1 heterocycles. The Bertz CT molecular complexity index is 593. The Balaban J connectivity index is 2.29. The van der Waals surface area contributed by atoms with E-state index in [0.29, 0.717) is 22.2 Å². The lowest BCUT2D eigenvalue weighted by atomic mass is 9.98. The number of benzene rings is 1. The number of carbonyl (C=O) groups excluding carboxylic acids is 1. The first-order valence-electron chi connectivity index (χ1n) is 6.31. The van der Waals surface area contributed by atoms with Crippen LogP contribution < -0.4 is 0 Å². The fourth-order valence-electron chi connectivity index (χ4n) is 2.02. The molecular formula is C16H16ClNO. The molecule has 2 rings (SSSR count). The van der Waals surface area contributed by atoms with Crippen LogP contribution in [0.25, 0.3) is 0 Å². The summed E-state index contributed by atoms with van der Waals surface area (Å²) < 4.78 is 0. The molecule has 0 N–H and O–H groups in total. The molecule has 1 aromatic carbocycles. The molecule has 0 aliphatic rings. The van der Waals surface area contributed by atoms with Crippen LogP contribution >= 0.6 is 11.6 Å². The van der Waals surface area contributed by atoms with Gasteiger partial charge in [0.2, 0.25) is 0 Å². The van der Waals surface area contributed by atoms with Gasteiger partial charge in [-0.1, -0.05) is 43.6 Å². The van der Waals surface area contributed by atoms with Crippen molar-refractivity contribution in [2.75, 3.05) is 0 Å². The zero-order valence-electron chi connectivity index (χ0n) is 11.1. The summed E-state index contributed by atoms with van der Waals surface area (Å²) in [6.07, 6.45) is 2.52. The van der Waals surface area contributed by atoms with Crippen molar-refractivity contribution in [2.24, 2.45) is 5.92 Å². The molecule has 0 radical (unpaired) electrons. The van der Waals surface area contributed by atoms with Crippen LogP contribution in [0.3, 0.4) is 0 Å². The Morgan fingerprint density at radius 2 is 1.95 bits per heavy atom. The average Bonchev–Trinajstić information content (AvgIpc) is 2.37. The maximum atomic E-state index is 12.4. The molecule has 0 atom stereocenters. The normalized spacial score (nSPS) is 10.7. The highest BCUT2D eigenvalue weighted by Gasteiger charge is 2.10. The lowest BCUT2D eigenvalue weighted by molar-refractivity contribution is 0.103. The Kier molecular flexibility index (Phi) is 4.33. The quantitative estimate of drug-likeness (QED) is 0.618. The zero-order chi connectivity index (χ0) is 13.8. The van der Waals surface area contributed by atoms with Crippen molar-refractivity contribution < 1.29 is 4.79 Å². The van der Waals surface area contributed by atoms with Crippen LogP contribution in [0.1, 0.15) is 35.3 Å². The van der Waals surface area contributed by atoms with Crippen LogP contribution in [0, 0.1) is 5.92 Å². The summed E-state index contributed by atoms with van der Waals surface area (Å²) >= 11 is 5.81. The standard InChI is InChI=1S/C16H16ClNO/c1-11(2)8-12-4-3-5-13(9-12)16(19)14-6-7-18-15(17)10-14/h3-7,9-11H,8H2,1-2H3. The van der Waals surface area contributed by atoms with Gasteiger partial charge in [-0.2, -0.15) is 0 Å². The van der Waals surface area contributed by atoms with Crippen LogP contribution in [-0.4, -0.2) is 10.8 Å². The topological polar surface area (TPSA) is 30.0 Å². The molecule has 0 spiro atoms. The van der Waals surface area contributed by atoms with Crippen molar-refractivity contribution in [2.45, 2.75) is 20.3 Å². The molecule has 3 heteroatoms. The first-order chi connectivity index (χ1) is 9.06. The van der Waals surface area contributed by atoms with E-state index in [1.807, 2.05) is 18.2 Å². The van der Waals surface area contributed by atoms with Crippen molar-refractivity contribution in [1.29, 1.82) is 0 Å². The third-order valence-corrected chi connectivity index (χ3v) is 3.03. The molecule has 98 valence electrons. The molecule has 0 amide bonds. The van der Waals surface area contributed by atoms with Crippen LogP contribution in [0.15, 0.2) is 42.6 Å². The zero-order valence-corrected chi connectivity index (χ0v) is 11.8. The molecule has 19 heavy (non-hydrogen) atoms. The van der Waals surface area contributed by atoms with E-state index in [9.17, 15) is 4.79 Å². The van der Waals surface area contributed by atoms with Crippen molar-refractivity contribution in [1.82, 2.24) is 4.98 Å². The fourth-order valence-corrected chi connectivity index (χ4v) is 2.20. The summed E-state index contributed by atoms with van der Waals surface area (Å²) in [6, 6.07) is 11.0. The van der Waals surface area contributed by atoms with Gasteiger partial charge in [0.25, 0.3) is 0 Å². The molecule has 0 aliphatic heterocycles. The number of hydrogen-bond acceptors (Lipinski definition) is 2. The first kappa shape index (κ1) is 13.8. The van der Waals surface area contributed by atoms with E-state index in [1.165, 1.54) is 5.56 Å². The minimum absolute atomic E-state index is 0.0186. The molecule has 1 aromatic heterocycles. The second kappa shape index (κ2) is 5.98. The van der Waals surface area contributed by atoms with Gasteiger partial charge in [0.1, 0.15) is 5.15 Å².